The topological polar surface area (TPSA) is 72.9 Å². The van der Waals surface area contributed by atoms with Crippen LogP contribution in [0.1, 0.15) is 35.3 Å². The third-order valence-electron chi connectivity index (χ3n) is 4.22. The van der Waals surface area contributed by atoms with Gasteiger partial charge in [0.15, 0.2) is 6.61 Å². The molecule has 0 fully saturated rings. The van der Waals surface area contributed by atoms with Crippen LogP contribution < -0.4 is 0 Å². The lowest BCUT2D eigenvalue weighted by Gasteiger charge is -2.26. The Balaban J connectivity index is 1.88. The molecule has 2 aromatic carbocycles. The van der Waals surface area contributed by atoms with Gasteiger partial charge in [0.1, 0.15) is 0 Å². The highest BCUT2D eigenvalue weighted by molar-refractivity contribution is 5.91. The van der Waals surface area contributed by atoms with Gasteiger partial charge in [0.2, 0.25) is 0 Å². The number of carbonyl (C=O) groups excluding carboxylic acids is 3. The molecule has 6 heteroatoms. The predicted molar refractivity (Wildman–Crippen MR) is 110 cm³/mol. The lowest BCUT2D eigenvalue weighted by molar-refractivity contribution is -0.149. The van der Waals surface area contributed by atoms with Gasteiger partial charge in [-0.3, -0.25) is 4.79 Å². The van der Waals surface area contributed by atoms with Gasteiger partial charge in [-0.25, -0.2) is 9.59 Å². The molecular weight excluding hydrogens is 370 g/mol. The van der Waals surface area contributed by atoms with Crippen LogP contribution in [-0.2, 0) is 25.6 Å². The highest BCUT2D eigenvalue weighted by Gasteiger charge is 2.18. The molecule has 2 rings (SSSR count). The second-order valence-corrected chi connectivity index (χ2v) is 6.66. The number of ether oxygens (including phenoxy) is 2. The van der Waals surface area contributed by atoms with Crippen molar-refractivity contribution in [3.63, 3.8) is 0 Å². The fourth-order valence-corrected chi connectivity index (χ4v) is 2.62. The van der Waals surface area contributed by atoms with Gasteiger partial charge >= 0.3 is 11.9 Å². The molecule has 152 valence electrons. The van der Waals surface area contributed by atoms with Crippen LogP contribution in [0.15, 0.2) is 60.7 Å². The smallest absolute Gasteiger partial charge is 0.337 e. The summed E-state index contributed by atoms with van der Waals surface area (Å²) in [5, 5.41) is 0. The average molecular weight is 395 g/mol. The monoisotopic (exact) mass is 395 g/mol. The predicted octanol–water partition coefficient (Wildman–Crippen LogP) is 3.47. The number of benzene rings is 2. The van der Waals surface area contributed by atoms with Crippen LogP contribution in [0.25, 0.3) is 6.08 Å². The first kappa shape index (κ1) is 21.9. The van der Waals surface area contributed by atoms with E-state index in [0.29, 0.717) is 17.7 Å². The molecule has 0 spiro atoms. The maximum atomic E-state index is 12.5. The van der Waals surface area contributed by atoms with E-state index in [9.17, 15) is 14.4 Å². The summed E-state index contributed by atoms with van der Waals surface area (Å²) in [6.07, 6.45) is 2.80. The maximum Gasteiger partial charge on any atom is 0.337 e. The van der Waals surface area contributed by atoms with E-state index in [-0.39, 0.29) is 18.6 Å². The Morgan fingerprint density at radius 3 is 2.24 bits per heavy atom. The third kappa shape index (κ3) is 6.92. The minimum absolute atomic E-state index is 0.0229. The zero-order valence-electron chi connectivity index (χ0n) is 16.8. The SMILES string of the molecule is COC(=O)c1ccc(/C=C/C(=O)OCC(=O)N(Cc2ccccc2)C(C)C)cc1. The minimum atomic E-state index is -0.612. The van der Waals surface area contributed by atoms with Crippen LogP contribution in [-0.4, -0.2) is 42.5 Å². The molecule has 2 aromatic rings. The van der Waals surface area contributed by atoms with E-state index >= 15 is 0 Å². The van der Waals surface area contributed by atoms with Crippen molar-refractivity contribution >= 4 is 23.9 Å². The minimum Gasteiger partial charge on any atom is -0.465 e. The highest BCUT2D eigenvalue weighted by Crippen LogP contribution is 2.10. The van der Waals surface area contributed by atoms with Crippen molar-refractivity contribution in [2.75, 3.05) is 13.7 Å². The Labute approximate surface area is 170 Å². The number of rotatable bonds is 8. The fraction of sp³-hybridized carbons (Fsp3) is 0.261. The van der Waals surface area contributed by atoms with Crippen molar-refractivity contribution in [2.45, 2.75) is 26.4 Å². The molecule has 0 atom stereocenters. The van der Waals surface area contributed by atoms with Gasteiger partial charge in [-0.05, 0) is 43.2 Å². The van der Waals surface area contributed by atoms with Crippen LogP contribution in [0.2, 0.25) is 0 Å². The van der Waals surface area contributed by atoms with Gasteiger partial charge in [-0.2, -0.15) is 0 Å². The van der Waals surface area contributed by atoms with Crippen LogP contribution in [0.5, 0.6) is 0 Å². The number of esters is 2. The Bertz CT molecular complexity index is 857. The number of hydrogen-bond donors (Lipinski definition) is 0. The number of carbonyl (C=O) groups is 3. The summed E-state index contributed by atoms with van der Waals surface area (Å²) < 4.78 is 9.72. The summed E-state index contributed by atoms with van der Waals surface area (Å²) in [5.74, 6) is -1.30. The summed E-state index contributed by atoms with van der Waals surface area (Å²) in [4.78, 5) is 37.5. The number of hydrogen-bond acceptors (Lipinski definition) is 5. The van der Waals surface area contributed by atoms with Crippen molar-refractivity contribution in [1.29, 1.82) is 0 Å². The first-order chi connectivity index (χ1) is 13.9. The summed E-state index contributed by atoms with van der Waals surface area (Å²) in [6.45, 7) is 3.97. The van der Waals surface area contributed by atoms with E-state index in [4.69, 9.17) is 4.74 Å². The quantitative estimate of drug-likeness (QED) is 0.506. The van der Waals surface area contributed by atoms with Gasteiger partial charge in [0.25, 0.3) is 5.91 Å². The summed E-state index contributed by atoms with van der Waals surface area (Å²) in [6, 6.07) is 16.2. The second-order valence-electron chi connectivity index (χ2n) is 6.66. The Hall–Kier alpha value is -3.41. The fourth-order valence-electron chi connectivity index (χ4n) is 2.62. The molecule has 6 nitrogen and oxygen atoms in total. The number of methoxy groups -OCH3 is 1. The Kier molecular flexibility index (Phi) is 8.15. The highest BCUT2D eigenvalue weighted by atomic mass is 16.5. The molecule has 0 aliphatic heterocycles. The lowest BCUT2D eigenvalue weighted by atomic mass is 10.1. The average Bonchev–Trinajstić information content (AvgIpc) is 2.74. The summed E-state index contributed by atoms with van der Waals surface area (Å²) in [5.41, 5.74) is 2.15. The molecule has 0 aliphatic rings. The van der Waals surface area contributed by atoms with Crippen LogP contribution in [0.4, 0.5) is 0 Å². The Morgan fingerprint density at radius 1 is 1.00 bits per heavy atom. The van der Waals surface area contributed by atoms with E-state index < -0.39 is 11.9 Å². The van der Waals surface area contributed by atoms with Crippen molar-refractivity contribution in [2.24, 2.45) is 0 Å². The summed E-state index contributed by atoms with van der Waals surface area (Å²) in [7, 11) is 1.31. The molecule has 0 saturated carbocycles. The molecule has 0 heterocycles. The van der Waals surface area contributed by atoms with E-state index in [1.165, 1.54) is 13.2 Å². The number of amides is 1. The zero-order valence-corrected chi connectivity index (χ0v) is 16.8. The van der Waals surface area contributed by atoms with E-state index in [1.807, 2.05) is 44.2 Å². The first-order valence-electron chi connectivity index (χ1n) is 9.27. The van der Waals surface area contributed by atoms with Crippen LogP contribution in [0.3, 0.4) is 0 Å². The van der Waals surface area contributed by atoms with Crippen molar-refractivity contribution in [1.82, 2.24) is 4.90 Å². The lowest BCUT2D eigenvalue weighted by Crippen LogP contribution is -2.39. The maximum absolute atomic E-state index is 12.5. The van der Waals surface area contributed by atoms with Gasteiger partial charge in [0, 0.05) is 18.7 Å². The molecule has 0 radical (unpaired) electrons. The zero-order chi connectivity index (χ0) is 21.2. The van der Waals surface area contributed by atoms with Gasteiger partial charge in [0.05, 0.1) is 12.7 Å². The van der Waals surface area contributed by atoms with Crippen molar-refractivity contribution in [3.8, 4) is 0 Å². The molecule has 0 aliphatic carbocycles. The number of nitrogens with zero attached hydrogens (tertiary/aromatic N) is 1. The molecule has 0 aromatic heterocycles. The van der Waals surface area contributed by atoms with Crippen LogP contribution >= 0.6 is 0 Å². The first-order valence-corrected chi connectivity index (χ1v) is 9.27. The van der Waals surface area contributed by atoms with E-state index in [0.717, 1.165) is 5.56 Å². The second kappa shape index (κ2) is 10.8. The van der Waals surface area contributed by atoms with Gasteiger partial charge in [-0.1, -0.05) is 42.5 Å². The Morgan fingerprint density at radius 2 is 1.66 bits per heavy atom. The molecule has 0 saturated heterocycles. The molecular formula is C23H25NO5. The van der Waals surface area contributed by atoms with Crippen LogP contribution in [0, 0.1) is 0 Å². The standard InChI is InChI=1S/C23H25NO5/c1-17(2)24(15-19-7-5-4-6-8-19)21(25)16-29-22(26)14-11-18-9-12-20(13-10-18)23(27)28-3/h4-14,17H,15-16H2,1-3H3/b14-11+. The molecule has 0 bridgehead atoms. The largest absolute Gasteiger partial charge is 0.465 e. The van der Waals surface area contributed by atoms with Gasteiger partial charge < -0.3 is 14.4 Å². The van der Waals surface area contributed by atoms with Crippen molar-refractivity contribution < 1.29 is 23.9 Å². The van der Waals surface area contributed by atoms with Crippen molar-refractivity contribution in [3.05, 3.63) is 77.4 Å². The normalized spacial score (nSPS) is 10.8. The summed E-state index contributed by atoms with van der Waals surface area (Å²) >= 11 is 0. The molecule has 29 heavy (non-hydrogen) atoms. The molecule has 0 N–H and O–H groups in total. The van der Waals surface area contributed by atoms with E-state index in [1.54, 1.807) is 35.2 Å². The van der Waals surface area contributed by atoms with E-state index in [2.05, 4.69) is 4.74 Å². The van der Waals surface area contributed by atoms with Gasteiger partial charge in [-0.15, -0.1) is 0 Å². The molecule has 1 amide bonds. The third-order valence-corrected chi connectivity index (χ3v) is 4.22. The molecule has 0 unspecified atom stereocenters.